The molecule has 0 bridgehead atoms. The second-order valence-corrected chi connectivity index (χ2v) is 11.5. The van der Waals surface area contributed by atoms with Crippen molar-refractivity contribution in [3.05, 3.63) is 34.9 Å². The van der Waals surface area contributed by atoms with Crippen molar-refractivity contribution in [1.29, 1.82) is 0 Å². The molecule has 0 aromatic heterocycles. The fraction of sp³-hybridized carbons (Fsp3) is 0.818. The van der Waals surface area contributed by atoms with Crippen LogP contribution in [0.3, 0.4) is 0 Å². The van der Waals surface area contributed by atoms with Crippen LogP contribution in [0, 0.1) is 0 Å². The quantitative estimate of drug-likeness (QED) is 0.0536. The molecule has 0 saturated heterocycles. The van der Waals surface area contributed by atoms with Gasteiger partial charge in [-0.25, -0.2) is 0 Å². The summed E-state index contributed by atoms with van der Waals surface area (Å²) in [5.41, 5.74) is 20.9. The van der Waals surface area contributed by atoms with E-state index in [-0.39, 0.29) is 12.4 Å². The predicted molar refractivity (Wildman–Crippen MR) is 190 cm³/mol. The molecule has 0 spiro atoms. The van der Waals surface area contributed by atoms with Crippen LogP contribution in [0.25, 0.3) is 0 Å². The smallest absolute Gasteiger partial charge is 0.0208 e. The minimum Gasteiger partial charge on any atom is -0.330 e. The number of nitrogens with one attached hydrogen (secondary N) is 6. The minimum absolute atomic E-state index is 0. The van der Waals surface area contributed by atoms with Gasteiger partial charge in [0.15, 0.2) is 0 Å². The molecule has 1 aromatic carbocycles. The lowest BCUT2D eigenvalue weighted by atomic mass is 10.0. The molecule has 1 rings (SSSR count). The van der Waals surface area contributed by atoms with Crippen molar-refractivity contribution in [2.45, 2.75) is 96.7 Å². The standard InChI is InChI=1S/C33H69N9.ClH/c34-15-1-4-18-37-21-7-10-24-40-28-31-13-14-32(29-41-25-11-8-22-38-19-5-2-16-35)33(27-31)30-42-26-12-9-23-39-20-6-3-17-36;/h13-14,27,37-42H,1-12,15-26,28-30,34-36H2;1H. The largest absolute Gasteiger partial charge is 0.330 e. The lowest BCUT2D eigenvalue weighted by Gasteiger charge is -2.15. The molecule has 10 heteroatoms. The number of rotatable bonds is 33. The fourth-order valence-electron chi connectivity index (χ4n) is 4.86. The van der Waals surface area contributed by atoms with E-state index in [0.717, 1.165) is 117 Å². The molecule has 0 radical (unpaired) electrons. The Morgan fingerprint density at radius 2 is 0.698 bits per heavy atom. The molecule has 254 valence electrons. The molecule has 0 aliphatic heterocycles. The average Bonchev–Trinajstić information content (AvgIpc) is 3.00. The summed E-state index contributed by atoms with van der Waals surface area (Å²) >= 11 is 0. The van der Waals surface area contributed by atoms with Gasteiger partial charge in [0.1, 0.15) is 0 Å². The summed E-state index contributed by atoms with van der Waals surface area (Å²) in [6.07, 6.45) is 14.1. The molecule has 12 N–H and O–H groups in total. The Morgan fingerprint density at radius 1 is 0.372 bits per heavy atom. The van der Waals surface area contributed by atoms with Gasteiger partial charge in [-0.2, -0.15) is 0 Å². The van der Waals surface area contributed by atoms with Crippen LogP contribution in [-0.4, -0.2) is 78.5 Å². The van der Waals surface area contributed by atoms with Crippen molar-refractivity contribution in [3.8, 4) is 0 Å². The van der Waals surface area contributed by atoms with Crippen LogP contribution in [0.2, 0.25) is 0 Å². The number of nitrogens with two attached hydrogens (primary N) is 3. The Bertz CT molecular complexity index is 696. The van der Waals surface area contributed by atoms with Crippen molar-refractivity contribution >= 4 is 12.4 Å². The Balaban J connectivity index is 0.0000176. The van der Waals surface area contributed by atoms with E-state index >= 15 is 0 Å². The van der Waals surface area contributed by atoms with E-state index in [1.165, 1.54) is 74.5 Å². The third-order valence-electron chi connectivity index (χ3n) is 7.53. The van der Waals surface area contributed by atoms with Crippen LogP contribution in [0.5, 0.6) is 0 Å². The molecule has 0 aliphatic carbocycles. The average molecular weight is 628 g/mol. The van der Waals surface area contributed by atoms with E-state index in [1.54, 1.807) is 0 Å². The summed E-state index contributed by atoms with van der Waals surface area (Å²) in [4.78, 5) is 0. The summed E-state index contributed by atoms with van der Waals surface area (Å²) in [7, 11) is 0. The summed E-state index contributed by atoms with van der Waals surface area (Å²) < 4.78 is 0. The van der Waals surface area contributed by atoms with Crippen molar-refractivity contribution in [3.63, 3.8) is 0 Å². The van der Waals surface area contributed by atoms with Crippen LogP contribution >= 0.6 is 12.4 Å². The second kappa shape index (κ2) is 34.0. The van der Waals surface area contributed by atoms with E-state index in [2.05, 4.69) is 50.1 Å². The van der Waals surface area contributed by atoms with Crippen molar-refractivity contribution in [2.75, 3.05) is 78.5 Å². The highest BCUT2D eigenvalue weighted by molar-refractivity contribution is 5.85. The van der Waals surface area contributed by atoms with E-state index in [1.807, 2.05) is 0 Å². The molecule has 0 heterocycles. The molecule has 0 aliphatic rings. The van der Waals surface area contributed by atoms with Crippen LogP contribution in [0.1, 0.15) is 93.7 Å². The van der Waals surface area contributed by atoms with E-state index < -0.39 is 0 Å². The number of benzene rings is 1. The minimum atomic E-state index is 0. The van der Waals surface area contributed by atoms with Gasteiger partial charge in [-0.3, -0.25) is 0 Å². The van der Waals surface area contributed by atoms with Crippen molar-refractivity contribution in [2.24, 2.45) is 17.2 Å². The molecule has 0 fully saturated rings. The Hall–Kier alpha value is -0.850. The third kappa shape index (κ3) is 27.2. The lowest BCUT2D eigenvalue weighted by molar-refractivity contribution is 0.560. The first kappa shape index (κ1) is 42.1. The first-order valence-electron chi connectivity index (χ1n) is 17.3. The number of unbranched alkanes of at least 4 members (excludes halogenated alkanes) is 6. The van der Waals surface area contributed by atoms with Gasteiger partial charge in [-0.05, 0) is 172 Å². The molecular formula is C33H70ClN9. The summed E-state index contributed by atoms with van der Waals surface area (Å²) in [6, 6.07) is 7.03. The number of hydrogen-bond acceptors (Lipinski definition) is 9. The van der Waals surface area contributed by atoms with Gasteiger partial charge in [0.2, 0.25) is 0 Å². The van der Waals surface area contributed by atoms with Gasteiger partial charge in [0.25, 0.3) is 0 Å². The van der Waals surface area contributed by atoms with Crippen LogP contribution < -0.4 is 49.1 Å². The van der Waals surface area contributed by atoms with Crippen LogP contribution in [0.15, 0.2) is 18.2 Å². The highest BCUT2D eigenvalue weighted by Gasteiger charge is 2.05. The van der Waals surface area contributed by atoms with E-state index in [4.69, 9.17) is 17.2 Å². The first-order valence-corrected chi connectivity index (χ1v) is 17.3. The van der Waals surface area contributed by atoms with Gasteiger partial charge >= 0.3 is 0 Å². The maximum atomic E-state index is 5.57. The molecule has 0 atom stereocenters. The molecule has 0 saturated carbocycles. The molecular weight excluding hydrogens is 558 g/mol. The zero-order valence-electron chi connectivity index (χ0n) is 27.5. The van der Waals surface area contributed by atoms with Crippen LogP contribution in [-0.2, 0) is 19.6 Å². The SMILES string of the molecule is Cl.NCCCCNCCCCNCc1ccc(CNCCCCNCCCCN)c(CNCCCCNCCCCN)c1. The zero-order chi connectivity index (χ0) is 30.2. The third-order valence-corrected chi connectivity index (χ3v) is 7.53. The second-order valence-electron chi connectivity index (χ2n) is 11.5. The number of hydrogen-bond donors (Lipinski definition) is 9. The Kier molecular flexibility index (Phi) is 33.4. The maximum absolute atomic E-state index is 5.57. The summed E-state index contributed by atoms with van der Waals surface area (Å²) in [5.74, 6) is 0. The topological polar surface area (TPSA) is 150 Å². The highest BCUT2D eigenvalue weighted by Crippen LogP contribution is 2.13. The van der Waals surface area contributed by atoms with Gasteiger partial charge in [0, 0.05) is 19.6 Å². The lowest BCUT2D eigenvalue weighted by Crippen LogP contribution is -2.23. The molecule has 0 amide bonds. The molecule has 9 nitrogen and oxygen atoms in total. The van der Waals surface area contributed by atoms with Gasteiger partial charge in [-0.15, -0.1) is 12.4 Å². The normalized spacial score (nSPS) is 11.2. The summed E-state index contributed by atoms with van der Waals surface area (Å²) in [5, 5.41) is 21.6. The van der Waals surface area contributed by atoms with Gasteiger partial charge in [0.05, 0.1) is 0 Å². The first-order chi connectivity index (χ1) is 20.8. The Morgan fingerprint density at radius 3 is 1.09 bits per heavy atom. The molecule has 1 aromatic rings. The monoisotopic (exact) mass is 628 g/mol. The van der Waals surface area contributed by atoms with Crippen LogP contribution in [0.4, 0.5) is 0 Å². The number of halogens is 1. The molecule has 0 unspecified atom stereocenters. The predicted octanol–water partition coefficient (Wildman–Crippen LogP) is 2.70. The van der Waals surface area contributed by atoms with Crippen molar-refractivity contribution in [1.82, 2.24) is 31.9 Å². The van der Waals surface area contributed by atoms with Gasteiger partial charge < -0.3 is 49.1 Å². The highest BCUT2D eigenvalue weighted by atomic mass is 35.5. The zero-order valence-corrected chi connectivity index (χ0v) is 28.3. The Labute approximate surface area is 271 Å². The molecule has 43 heavy (non-hydrogen) atoms. The summed E-state index contributed by atoms with van der Waals surface area (Å²) in [6.45, 7) is 14.9. The van der Waals surface area contributed by atoms with Gasteiger partial charge in [-0.1, -0.05) is 18.2 Å². The van der Waals surface area contributed by atoms with E-state index in [0.29, 0.717) is 0 Å². The van der Waals surface area contributed by atoms with E-state index in [9.17, 15) is 0 Å². The fourth-order valence-corrected chi connectivity index (χ4v) is 4.86. The van der Waals surface area contributed by atoms with Crippen molar-refractivity contribution < 1.29 is 0 Å². The maximum Gasteiger partial charge on any atom is 0.0208 e.